The highest BCUT2D eigenvalue weighted by Gasteiger charge is 2.46. The van der Waals surface area contributed by atoms with E-state index >= 15 is 0 Å². The molecule has 4 N–H and O–H groups in total. The third-order valence-corrected chi connectivity index (χ3v) is 5.42. The molecule has 0 spiro atoms. The molecule has 1 fully saturated rings. The Labute approximate surface area is 162 Å². The van der Waals surface area contributed by atoms with Crippen molar-refractivity contribution in [2.75, 3.05) is 6.61 Å². The SMILES string of the molecule is CC(=O)NC1C(OC2=C[N]c3ccc(Br)c(Cl)c32)OC(CO)C(O)C1O. The van der Waals surface area contributed by atoms with Crippen LogP contribution in [0.3, 0.4) is 0 Å². The van der Waals surface area contributed by atoms with Crippen molar-refractivity contribution in [3.63, 3.8) is 0 Å². The topological polar surface area (TPSA) is 122 Å². The monoisotopic (exact) mass is 447 g/mol. The van der Waals surface area contributed by atoms with Crippen LogP contribution in [0.4, 0.5) is 5.69 Å². The third-order valence-electron chi connectivity index (χ3n) is 4.13. The molecule has 26 heavy (non-hydrogen) atoms. The van der Waals surface area contributed by atoms with E-state index in [1.54, 1.807) is 12.1 Å². The van der Waals surface area contributed by atoms with Crippen molar-refractivity contribution in [2.24, 2.45) is 0 Å². The van der Waals surface area contributed by atoms with Crippen molar-refractivity contribution in [1.82, 2.24) is 10.6 Å². The molecule has 1 aromatic carbocycles. The number of nitrogens with zero attached hydrogens (tertiary/aromatic N) is 1. The van der Waals surface area contributed by atoms with Crippen LogP contribution < -0.4 is 10.6 Å². The molecule has 1 amide bonds. The molecular formula is C16H17BrClN2O6. The second kappa shape index (κ2) is 7.71. The Bertz CT molecular complexity index is 746. The van der Waals surface area contributed by atoms with E-state index in [2.05, 4.69) is 26.6 Å². The van der Waals surface area contributed by atoms with Crippen LogP contribution in [0.2, 0.25) is 5.02 Å². The van der Waals surface area contributed by atoms with Crippen molar-refractivity contribution in [3.05, 3.63) is 33.4 Å². The van der Waals surface area contributed by atoms with Gasteiger partial charge in [0.2, 0.25) is 12.2 Å². The molecule has 3 rings (SSSR count). The van der Waals surface area contributed by atoms with E-state index < -0.39 is 43.2 Å². The molecule has 8 nitrogen and oxygen atoms in total. The van der Waals surface area contributed by atoms with Gasteiger partial charge in [0, 0.05) is 11.4 Å². The molecule has 1 radical (unpaired) electrons. The quantitative estimate of drug-likeness (QED) is 0.535. The molecule has 2 aliphatic rings. The molecule has 1 aromatic rings. The second-order valence-corrected chi connectivity index (χ2v) is 7.16. The summed E-state index contributed by atoms with van der Waals surface area (Å²) in [6.45, 7) is 0.735. The number of amides is 1. The number of nitrogens with one attached hydrogen (secondary N) is 1. The van der Waals surface area contributed by atoms with E-state index in [-0.39, 0.29) is 5.76 Å². The smallest absolute Gasteiger partial charge is 0.223 e. The summed E-state index contributed by atoms with van der Waals surface area (Å²) in [5.74, 6) is -0.154. The Hall–Kier alpha value is -1.36. The van der Waals surface area contributed by atoms with Gasteiger partial charge in [0.25, 0.3) is 0 Å². The third kappa shape index (κ3) is 3.55. The summed E-state index contributed by atoms with van der Waals surface area (Å²) in [5.41, 5.74) is 1.13. The van der Waals surface area contributed by atoms with Crippen LogP contribution in [0.1, 0.15) is 12.5 Å². The summed E-state index contributed by atoms with van der Waals surface area (Å²) in [7, 11) is 0. The number of hydrogen-bond acceptors (Lipinski definition) is 6. The minimum atomic E-state index is -1.40. The highest BCUT2D eigenvalue weighted by atomic mass is 79.9. The number of fused-ring (bicyclic) bond motifs is 1. The van der Waals surface area contributed by atoms with Gasteiger partial charge < -0.3 is 30.1 Å². The number of carbonyl (C=O) groups is 1. The van der Waals surface area contributed by atoms with E-state index in [1.807, 2.05) is 0 Å². The Morgan fingerprint density at radius 2 is 2.15 bits per heavy atom. The molecule has 5 unspecified atom stereocenters. The zero-order valence-electron chi connectivity index (χ0n) is 13.6. The number of rotatable bonds is 4. The Kier molecular flexibility index (Phi) is 5.75. The minimum Gasteiger partial charge on any atom is -0.460 e. The minimum absolute atomic E-state index is 0.284. The first-order valence-corrected chi connectivity index (χ1v) is 8.96. The second-order valence-electron chi connectivity index (χ2n) is 5.93. The van der Waals surface area contributed by atoms with Gasteiger partial charge >= 0.3 is 0 Å². The molecule has 0 aromatic heterocycles. The molecule has 0 aliphatic carbocycles. The Morgan fingerprint density at radius 3 is 2.81 bits per heavy atom. The highest BCUT2D eigenvalue weighted by Crippen LogP contribution is 2.41. The maximum atomic E-state index is 11.5. The summed E-state index contributed by atoms with van der Waals surface area (Å²) in [6.07, 6.45) is -3.58. The van der Waals surface area contributed by atoms with E-state index in [4.69, 9.17) is 21.1 Å². The van der Waals surface area contributed by atoms with Gasteiger partial charge in [-0.05, 0) is 28.1 Å². The van der Waals surface area contributed by atoms with Crippen molar-refractivity contribution in [3.8, 4) is 0 Å². The maximum absolute atomic E-state index is 11.5. The van der Waals surface area contributed by atoms with E-state index in [0.29, 0.717) is 20.7 Å². The first kappa shape index (κ1) is 19.4. The summed E-state index contributed by atoms with van der Waals surface area (Å²) in [4.78, 5) is 11.5. The van der Waals surface area contributed by atoms with Gasteiger partial charge in [-0.2, -0.15) is 0 Å². The number of aliphatic hydroxyl groups excluding tert-OH is 3. The molecule has 5 atom stereocenters. The summed E-state index contributed by atoms with van der Waals surface area (Å²) in [6, 6.07) is 2.45. The van der Waals surface area contributed by atoms with Gasteiger partial charge in [-0.25, -0.2) is 0 Å². The van der Waals surface area contributed by atoms with Gasteiger partial charge in [-0.15, -0.1) is 0 Å². The molecule has 141 valence electrons. The van der Waals surface area contributed by atoms with Gasteiger partial charge in [-0.3, -0.25) is 10.1 Å². The molecule has 0 bridgehead atoms. The van der Waals surface area contributed by atoms with Crippen LogP contribution >= 0.6 is 27.5 Å². The first-order chi connectivity index (χ1) is 12.3. The van der Waals surface area contributed by atoms with Crippen LogP contribution in [0.15, 0.2) is 22.8 Å². The predicted octanol–water partition coefficient (Wildman–Crippen LogP) is 0.611. The highest BCUT2D eigenvalue weighted by molar-refractivity contribution is 9.10. The fraction of sp³-hybridized carbons (Fsp3) is 0.438. The molecule has 2 heterocycles. The van der Waals surface area contributed by atoms with Crippen molar-refractivity contribution in [1.29, 1.82) is 0 Å². The van der Waals surface area contributed by atoms with E-state index in [1.165, 1.54) is 13.1 Å². The van der Waals surface area contributed by atoms with Crippen LogP contribution in [0, 0.1) is 0 Å². The largest absolute Gasteiger partial charge is 0.460 e. The number of benzene rings is 1. The number of hydrogen-bond donors (Lipinski definition) is 4. The number of ether oxygens (including phenoxy) is 2. The van der Waals surface area contributed by atoms with Crippen LogP contribution in [0.5, 0.6) is 0 Å². The number of halogens is 2. The summed E-state index contributed by atoms with van der Waals surface area (Å²) < 4.78 is 12.0. The fourth-order valence-corrected chi connectivity index (χ4v) is 3.44. The zero-order valence-corrected chi connectivity index (χ0v) is 15.9. The van der Waals surface area contributed by atoms with Crippen LogP contribution in [-0.4, -0.2) is 58.5 Å². The summed E-state index contributed by atoms with van der Waals surface area (Å²) in [5, 5.41) is 36.8. The van der Waals surface area contributed by atoms with Gasteiger partial charge in [-0.1, -0.05) is 11.6 Å². The standard InChI is InChI=1S/C16H17BrClN2O6/c1-6(22)20-13-15(24)14(23)10(5-21)26-16(13)25-9-4-19-8-3-2-7(17)12(18)11(8)9/h2-4,10,13-16,21,23-24H,5H2,1H3,(H,20,22). The molecule has 1 saturated heterocycles. The average molecular weight is 449 g/mol. The summed E-state index contributed by atoms with van der Waals surface area (Å²) >= 11 is 9.65. The molecule has 10 heteroatoms. The van der Waals surface area contributed by atoms with Gasteiger partial charge in [0.05, 0.1) is 29.1 Å². The van der Waals surface area contributed by atoms with Crippen LogP contribution in [-0.2, 0) is 14.3 Å². The predicted molar refractivity (Wildman–Crippen MR) is 95.4 cm³/mol. The zero-order chi connectivity index (χ0) is 19.0. The molecule has 0 saturated carbocycles. The van der Waals surface area contributed by atoms with Gasteiger partial charge in [0.15, 0.2) is 5.76 Å². The lowest BCUT2D eigenvalue weighted by molar-refractivity contribution is -0.251. The number of carbonyl (C=O) groups excluding carboxylic acids is 1. The Morgan fingerprint density at radius 1 is 1.42 bits per heavy atom. The molecule has 2 aliphatic heterocycles. The van der Waals surface area contributed by atoms with E-state index in [9.17, 15) is 20.1 Å². The molecular weight excluding hydrogens is 432 g/mol. The first-order valence-electron chi connectivity index (χ1n) is 7.79. The number of aliphatic hydroxyl groups is 3. The van der Waals surface area contributed by atoms with Crippen LogP contribution in [0.25, 0.3) is 5.76 Å². The normalized spacial score (nSPS) is 30.2. The fourth-order valence-electron chi connectivity index (χ4n) is 2.86. The maximum Gasteiger partial charge on any atom is 0.223 e. The lowest BCUT2D eigenvalue weighted by Crippen LogP contribution is -2.64. The lowest BCUT2D eigenvalue weighted by atomic mass is 9.97. The van der Waals surface area contributed by atoms with Gasteiger partial charge in [0.1, 0.15) is 24.4 Å². The van der Waals surface area contributed by atoms with E-state index in [0.717, 1.165) is 0 Å². The van der Waals surface area contributed by atoms with Crippen molar-refractivity contribution >= 4 is 44.9 Å². The van der Waals surface area contributed by atoms with Crippen molar-refractivity contribution in [2.45, 2.75) is 37.6 Å². The average Bonchev–Trinajstić information content (AvgIpc) is 3.01. The Balaban J connectivity index is 1.88. The van der Waals surface area contributed by atoms with Crippen molar-refractivity contribution < 1.29 is 29.6 Å². The lowest BCUT2D eigenvalue weighted by Gasteiger charge is -2.42.